The van der Waals surface area contributed by atoms with E-state index in [1.807, 2.05) is 18.2 Å². The number of nitrogens with one attached hydrogen (secondary N) is 2. The number of anilines is 2. The molecule has 0 bridgehead atoms. The second-order valence-corrected chi connectivity index (χ2v) is 3.17. The van der Waals surface area contributed by atoms with Crippen LogP contribution in [0.1, 0.15) is 5.56 Å². The molecule has 0 saturated carbocycles. The van der Waals surface area contributed by atoms with Crippen molar-refractivity contribution in [2.24, 2.45) is 0 Å². The second kappa shape index (κ2) is 3.57. The van der Waals surface area contributed by atoms with Crippen molar-refractivity contribution >= 4 is 17.5 Å². The van der Waals surface area contributed by atoms with E-state index in [0.29, 0.717) is 0 Å². The molecule has 14 heavy (non-hydrogen) atoms. The molecule has 0 fully saturated rings. The van der Waals surface area contributed by atoms with Gasteiger partial charge >= 0.3 is 6.09 Å². The third-order valence-electron chi connectivity index (χ3n) is 2.25. The maximum absolute atomic E-state index is 10.9. The van der Waals surface area contributed by atoms with E-state index in [1.54, 1.807) is 0 Å². The Morgan fingerprint density at radius 2 is 2.43 bits per heavy atom. The third-order valence-corrected chi connectivity index (χ3v) is 2.25. The number of methoxy groups -OCH3 is 1. The largest absolute Gasteiger partial charge is 0.453 e. The van der Waals surface area contributed by atoms with Gasteiger partial charge in [0.05, 0.1) is 7.11 Å². The van der Waals surface area contributed by atoms with Crippen molar-refractivity contribution in [1.82, 2.24) is 0 Å². The van der Waals surface area contributed by atoms with E-state index in [0.717, 1.165) is 24.3 Å². The molecule has 0 aliphatic carbocycles. The fourth-order valence-electron chi connectivity index (χ4n) is 1.55. The summed E-state index contributed by atoms with van der Waals surface area (Å²) < 4.78 is 4.51. The van der Waals surface area contributed by atoms with Crippen LogP contribution in [0.2, 0.25) is 0 Å². The highest BCUT2D eigenvalue weighted by molar-refractivity contribution is 5.85. The average molecular weight is 192 g/mol. The molecule has 1 aromatic rings. The predicted molar refractivity (Wildman–Crippen MR) is 54.7 cm³/mol. The summed E-state index contributed by atoms with van der Waals surface area (Å²) >= 11 is 0. The number of carbonyl (C=O) groups excluding carboxylic acids is 1. The van der Waals surface area contributed by atoms with Gasteiger partial charge in [0, 0.05) is 17.9 Å². The van der Waals surface area contributed by atoms with Crippen LogP contribution in [0.3, 0.4) is 0 Å². The van der Waals surface area contributed by atoms with E-state index in [2.05, 4.69) is 15.4 Å². The van der Waals surface area contributed by atoms with Gasteiger partial charge in [0.25, 0.3) is 0 Å². The van der Waals surface area contributed by atoms with Crippen LogP contribution in [0.5, 0.6) is 0 Å². The number of carbonyl (C=O) groups is 1. The normalized spacial score (nSPS) is 12.9. The lowest BCUT2D eigenvalue weighted by Crippen LogP contribution is -2.10. The van der Waals surface area contributed by atoms with Gasteiger partial charge in [-0.1, -0.05) is 0 Å². The summed E-state index contributed by atoms with van der Waals surface area (Å²) in [6.45, 7) is 0.969. The highest BCUT2D eigenvalue weighted by Crippen LogP contribution is 2.25. The Hall–Kier alpha value is -1.71. The topological polar surface area (TPSA) is 50.4 Å². The molecule has 0 unspecified atom stereocenters. The van der Waals surface area contributed by atoms with E-state index in [9.17, 15) is 4.79 Å². The highest BCUT2D eigenvalue weighted by atomic mass is 16.5. The van der Waals surface area contributed by atoms with Crippen molar-refractivity contribution in [2.45, 2.75) is 6.42 Å². The molecule has 2 N–H and O–H groups in total. The lowest BCUT2D eigenvalue weighted by atomic mass is 10.1. The zero-order chi connectivity index (χ0) is 9.97. The van der Waals surface area contributed by atoms with Crippen molar-refractivity contribution in [2.75, 3.05) is 24.3 Å². The quantitative estimate of drug-likeness (QED) is 0.713. The van der Waals surface area contributed by atoms with E-state index in [4.69, 9.17) is 0 Å². The van der Waals surface area contributed by atoms with Gasteiger partial charge in [-0.2, -0.15) is 0 Å². The van der Waals surface area contributed by atoms with Gasteiger partial charge in [0.1, 0.15) is 0 Å². The van der Waals surface area contributed by atoms with Gasteiger partial charge in [-0.25, -0.2) is 4.79 Å². The van der Waals surface area contributed by atoms with Crippen LogP contribution in [0.4, 0.5) is 16.2 Å². The Bertz CT molecular complexity index is 363. The van der Waals surface area contributed by atoms with Crippen LogP contribution in [-0.2, 0) is 11.2 Å². The summed E-state index contributed by atoms with van der Waals surface area (Å²) in [5.41, 5.74) is 3.17. The summed E-state index contributed by atoms with van der Waals surface area (Å²) in [4.78, 5) is 10.9. The summed E-state index contributed by atoms with van der Waals surface area (Å²) in [5, 5.41) is 5.88. The van der Waals surface area contributed by atoms with Crippen LogP contribution in [-0.4, -0.2) is 19.7 Å². The second-order valence-electron chi connectivity index (χ2n) is 3.17. The van der Waals surface area contributed by atoms with Crippen LogP contribution >= 0.6 is 0 Å². The van der Waals surface area contributed by atoms with Crippen LogP contribution in [0.25, 0.3) is 0 Å². The highest BCUT2D eigenvalue weighted by Gasteiger charge is 2.10. The third kappa shape index (κ3) is 1.64. The predicted octanol–water partition coefficient (Wildman–Crippen LogP) is 1.83. The number of fused-ring (bicyclic) bond motifs is 1. The molecule has 0 spiro atoms. The zero-order valence-corrected chi connectivity index (χ0v) is 7.96. The van der Waals surface area contributed by atoms with E-state index in [1.165, 1.54) is 12.7 Å². The molecule has 1 aliphatic heterocycles. The molecular weight excluding hydrogens is 180 g/mol. The molecular formula is C10H12N2O2. The molecule has 4 nitrogen and oxygen atoms in total. The summed E-state index contributed by atoms with van der Waals surface area (Å²) in [6, 6.07) is 5.79. The van der Waals surface area contributed by atoms with Gasteiger partial charge in [0.15, 0.2) is 0 Å². The molecule has 2 rings (SSSR count). The Labute approximate surface area is 82.3 Å². The number of rotatable bonds is 1. The minimum atomic E-state index is -0.434. The van der Waals surface area contributed by atoms with Gasteiger partial charge in [-0.05, 0) is 30.2 Å². The SMILES string of the molecule is COC(=O)Nc1ccc2c(c1)CCN2. The molecule has 0 radical (unpaired) electrons. The minimum Gasteiger partial charge on any atom is -0.453 e. The number of ether oxygens (including phenoxy) is 1. The van der Waals surface area contributed by atoms with Crippen LogP contribution < -0.4 is 10.6 Å². The molecule has 1 aliphatic rings. The molecule has 1 heterocycles. The van der Waals surface area contributed by atoms with Gasteiger partial charge < -0.3 is 10.1 Å². The Morgan fingerprint density at radius 3 is 3.21 bits per heavy atom. The summed E-state index contributed by atoms with van der Waals surface area (Å²) in [7, 11) is 1.35. The lowest BCUT2D eigenvalue weighted by molar-refractivity contribution is 0.187. The summed E-state index contributed by atoms with van der Waals surface area (Å²) in [5.74, 6) is 0. The fourth-order valence-corrected chi connectivity index (χ4v) is 1.55. The fraction of sp³-hybridized carbons (Fsp3) is 0.300. The zero-order valence-electron chi connectivity index (χ0n) is 7.96. The molecule has 74 valence electrons. The monoisotopic (exact) mass is 192 g/mol. The van der Waals surface area contributed by atoms with E-state index >= 15 is 0 Å². The van der Waals surface area contributed by atoms with Gasteiger partial charge in [-0.3, -0.25) is 5.32 Å². The first-order chi connectivity index (χ1) is 6.79. The molecule has 4 heteroatoms. The summed E-state index contributed by atoms with van der Waals surface area (Å²) in [6.07, 6.45) is 0.572. The Kier molecular flexibility index (Phi) is 2.26. The van der Waals surface area contributed by atoms with Crippen molar-refractivity contribution in [1.29, 1.82) is 0 Å². The maximum Gasteiger partial charge on any atom is 0.411 e. The molecule has 0 aromatic heterocycles. The smallest absolute Gasteiger partial charge is 0.411 e. The maximum atomic E-state index is 10.9. The van der Waals surface area contributed by atoms with Crippen molar-refractivity contribution in [3.8, 4) is 0 Å². The minimum absolute atomic E-state index is 0.434. The number of hydrogen-bond acceptors (Lipinski definition) is 3. The van der Waals surface area contributed by atoms with Crippen molar-refractivity contribution in [3.63, 3.8) is 0 Å². The van der Waals surface area contributed by atoms with E-state index in [-0.39, 0.29) is 0 Å². The van der Waals surface area contributed by atoms with Crippen LogP contribution in [0.15, 0.2) is 18.2 Å². The molecule has 0 atom stereocenters. The molecule has 1 amide bonds. The van der Waals surface area contributed by atoms with Crippen molar-refractivity contribution < 1.29 is 9.53 Å². The number of amides is 1. The average Bonchev–Trinajstić information content (AvgIpc) is 2.64. The first-order valence-corrected chi connectivity index (χ1v) is 4.51. The number of benzene rings is 1. The standard InChI is InChI=1S/C10H12N2O2/c1-14-10(13)12-8-2-3-9-7(6-8)4-5-11-9/h2-3,6,11H,4-5H2,1H3,(H,12,13). The molecule has 1 aromatic carbocycles. The van der Waals surface area contributed by atoms with E-state index < -0.39 is 6.09 Å². The first-order valence-electron chi connectivity index (χ1n) is 4.51. The Morgan fingerprint density at radius 1 is 1.57 bits per heavy atom. The van der Waals surface area contributed by atoms with Crippen molar-refractivity contribution in [3.05, 3.63) is 23.8 Å². The molecule has 0 saturated heterocycles. The number of hydrogen-bond donors (Lipinski definition) is 2. The van der Waals surface area contributed by atoms with Gasteiger partial charge in [-0.15, -0.1) is 0 Å². The lowest BCUT2D eigenvalue weighted by Gasteiger charge is -2.05. The first kappa shape index (κ1) is 8.87. The Balaban J connectivity index is 2.16. The van der Waals surface area contributed by atoms with Gasteiger partial charge in [0.2, 0.25) is 0 Å². The van der Waals surface area contributed by atoms with Crippen LogP contribution in [0, 0.1) is 0 Å².